The fourth-order valence-electron chi connectivity index (χ4n) is 2.88. The molecule has 0 bridgehead atoms. The number of amides is 1. The summed E-state index contributed by atoms with van der Waals surface area (Å²) in [6, 6.07) is 19.6. The van der Waals surface area contributed by atoms with Crippen molar-refractivity contribution in [2.45, 2.75) is 0 Å². The number of carbonyl (C=O) groups is 3. The van der Waals surface area contributed by atoms with E-state index in [2.05, 4.69) is 10.1 Å². The smallest absolute Gasteiger partial charge is 0.343 e. The van der Waals surface area contributed by atoms with Gasteiger partial charge in [-0.1, -0.05) is 48.5 Å². The van der Waals surface area contributed by atoms with Gasteiger partial charge in [-0.05, 0) is 29.3 Å². The summed E-state index contributed by atoms with van der Waals surface area (Å²) in [6.45, 7) is -0.253. The Balaban J connectivity index is 1.86. The first-order chi connectivity index (χ1) is 14.5. The standard InChI is InChI=1S/C23H19NO6/c1-29-21(25)14-30-16-8-6-7-15(13-16)24-22(26)19-11-4-2-9-17(19)18-10-3-5-12-20(18)23(27)28/h2-13H,14H2,1H3,(H,24,26)(H,27,28)/p-1. The van der Waals surface area contributed by atoms with Gasteiger partial charge in [-0.3, -0.25) is 4.79 Å². The topological polar surface area (TPSA) is 105 Å². The van der Waals surface area contributed by atoms with Crippen LogP contribution in [0.4, 0.5) is 5.69 Å². The summed E-state index contributed by atoms with van der Waals surface area (Å²) in [5.41, 5.74) is 1.60. The van der Waals surface area contributed by atoms with Crippen molar-refractivity contribution in [3.63, 3.8) is 0 Å². The summed E-state index contributed by atoms with van der Waals surface area (Å²) < 4.78 is 9.85. The van der Waals surface area contributed by atoms with E-state index in [-0.39, 0.29) is 12.2 Å². The van der Waals surface area contributed by atoms with Crippen LogP contribution in [0.15, 0.2) is 72.8 Å². The Bertz CT molecular complexity index is 1090. The van der Waals surface area contributed by atoms with Gasteiger partial charge in [0.05, 0.1) is 13.1 Å². The van der Waals surface area contributed by atoms with Gasteiger partial charge in [0.2, 0.25) is 0 Å². The van der Waals surface area contributed by atoms with Crippen molar-refractivity contribution < 1.29 is 29.0 Å². The molecule has 3 rings (SSSR count). The molecule has 7 nitrogen and oxygen atoms in total. The van der Waals surface area contributed by atoms with E-state index in [1.54, 1.807) is 66.7 Å². The number of esters is 1. The lowest BCUT2D eigenvalue weighted by molar-refractivity contribution is -0.254. The van der Waals surface area contributed by atoms with E-state index in [4.69, 9.17) is 4.74 Å². The van der Waals surface area contributed by atoms with Crippen molar-refractivity contribution in [1.29, 1.82) is 0 Å². The summed E-state index contributed by atoms with van der Waals surface area (Å²) in [5, 5.41) is 14.2. The summed E-state index contributed by atoms with van der Waals surface area (Å²) in [4.78, 5) is 35.6. The lowest BCUT2D eigenvalue weighted by Crippen LogP contribution is -2.23. The molecule has 0 spiro atoms. The normalized spacial score (nSPS) is 10.2. The highest BCUT2D eigenvalue weighted by atomic mass is 16.6. The van der Waals surface area contributed by atoms with Crippen LogP contribution in [0.2, 0.25) is 0 Å². The van der Waals surface area contributed by atoms with E-state index in [0.717, 1.165) is 0 Å². The lowest BCUT2D eigenvalue weighted by atomic mass is 9.95. The predicted molar refractivity (Wildman–Crippen MR) is 108 cm³/mol. The van der Waals surface area contributed by atoms with Crippen LogP contribution < -0.4 is 15.2 Å². The lowest BCUT2D eigenvalue weighted by Gasteiger charge is -2.15. The van der Waals surface area contributed by atoms with Crippen LogP contribution in [0, 0.1) is 0 Å². The number of ether oxygens (including phenoxy) is 2. The van der Waals surface area contributed by atoms with E-state index in [1.165, 1.54) is 13.2 Å². The molecule has 3 aromatic rings. The van der Waals surface area contributed by atoms with Gasteiger partial charge in [-0.25, -0.2) is 4.79 Å². The minimum atomic E-state index is -1.32. The highest BCUT2D eigenvalue weighted by molar-refractivity contribution is 6.10. The zero-order valence-corrected chi connectivity index (χ0v) is 16.1. The van der Waals surface area contributed by atoms with E-state index in [1.807, 2.05) is 0 Å². The molecule has 0 atom stereocenters. The second-order valence-electron chi connectivity index (χ2n) is 6.23. The molecule has 0 saturated carbocycles. The molecular weight excluding hydrogens is 386 g/mol. The fraction of sp³-hybridized carbons (Fsp3) is 0.0870. The Morgan fingerprint density at radius 3 is 2.17 bits per heavy atom. The molecule has 0 radical (unpaired) electrons. The molecule has 7 heteroatoms. The van der Waals surface area contributed by atoms with Gasteiger partial charge in [0.25, 0.3) is 5.91 Å². The average molecular weight is 404 g/mol. The van der Waals surface area contributed by atoms with Gasteiger partial charge < -0.3 is 24.7 Å². The first-order valence-electron chi connectivity index (χ1n) is 9.00. The number of aromatic carboxylic acids is 1. The summed E-state index contributed by atoms with van der Waals surface area (Å²) >= 11 is 0. The van der Waals surface area contributed by atoms with E-state index < -0.39 is 17.8 Å². The largest absolute Gasteiger partial charge is 0.545 e. The third-order valence-electron chi connectivity index (χ3n) is 4.29. The molecule has 0 heterocycles. The average Bonchev–Trinajstić information content (AvgIpc) is 2.77. The molecule has 0 unspecified atom stereocenters. The number of rotatable bonds is 7. The van der Waals surface area contributed by atoms with Gasteiger partial charge in [0.1, 0.15) is 5.75 Å². The molecule has 152 valence electrons. The van der Waals surface area contributed by atoms with E-state index in [0.29, 0.717) is 28.1 Å². The fourth-order valence-corrected chi connectivity index (χ4v) is 2.88. The zero-order valence-electron chi connectivity index (χ0n) is 16.1. The molecule has 0 saturated heterocycles. The van der Waals surface area contributed by atoms with Gasteiger partial charge in [0, 0.05) is 22.9 Å². The first kappa shape index (κ1) is 20.6. The van der Waals surface area contributed by atoms with Crippen molar-refractivity contribution >= 4 is 23.5 Å². The number of carboxylic acid groups (broad SMARTS) is 1. The van der Waals surface area contributed by atoms with Crippen molar-refractivity contribution in [1.82, 2.24) is 0 Å². The zero-order chi connectivity index (χ0) is 21.5. The van der Waals surface area contributed by atoms with Gasteiger partial charge in [0.15, 0.2) is 6.61 Å². The Morgan fingerprint density at radius 2 is 1.50 bits per heavy atom. The Labute approximate surface area is 172 Å². The first-order valence-corrected chi connectivity index (χ1v) is 9.00. The number of hydrogen-bond acceptors (Lipinski definition) is 6. The summed E-state index contributed by atoms with van der Waals surface area (Å²) in [7, 11) is 1.26. The summed E-state index contributed by atoms with van der Waals surface area (Å²) in [6.07, 6.45) is 0. The maximum atomic E-state index is 12.9. The third-order valence-corrected chi connectivity index (χ3v) is 4.29. The number of nitrogens with one attached hydrogen (secondary N) is 1. The third kappa shape index (κ3) is 4.82. The summed E-state index contributed by atoms with van der Waals surface area (Å²) in [5.74, 6) is -1.89. The van der Waals surface area contributed by atoms with E-state index >= 15 is 0 Å². The molecule has 0 aliphatic carbocycles. The molecular formula is C23H18NO6-. The predicted octanol–water partition coefficient (Wildman–Crippen LogP) is 2.52. The van der Waals surface area contributed by atoms with Crippen LogP contribution in [0.1, 0.15) is 20.7 Å². The molecule has 0 aromatic heterocycles. The Morgan fingerprint density at radius 1 is 0.867 bits per heavy atom. The molecule has 30 heavy (non-hydrogen) atoms. The maximum Gasteiger partial charge on any atom is 0.343 e. The quantitative estimate of drug-likeness (QED) is 0.607. The van der Waals surface area contributed by atoms with Crippen LogP contribution in [-0.4, -0.2) is 31.6 Å². The highest BCUT2D eigenvalue weighted by Crippen LogP contribution is 2.28. The maximum absolute atomic E-state index is 12.9. The molecule has 0 aliphatic heterocycles. The molecule has 1 N–H and O–H groups in total. The minimum absolute atomic E-state index is 0.00374. The van der Waals surface area contributed by atoms with Crippen molar-refractivity contribution in [2.24, 2.45) is 0 Å². The number of carboxylic acids is 1. The monoisotopic (exact) mass is 404 g/mol. The Hall–Kier alpha value is -4.13. The molecule has 0 fully saturated rings. The van der Waals surface area contributed by atoms with Crippen LogP contribution in [0.3, 0.4) is 0 Å². The Kier molecular flexibility index (Phi) is 6.44. The number of hydrogen-bond donors (Lipinski definition) is 1. The van der Waals surface area contributed by atoms with Gasteiger partial charge in [-0.2, -0.15) is 0 Å². The highest BCUT2D eigenvalue weighted by Gasteiger charge is 2.15. The second-order valence-corrected chi connectivity index (χ2v) is 6.23. The van der Waals surface area contributed by atoms with E-state index in [9.17, 15) is 19.5 Å². The molecule has 3 aromatic carbocycles. The molecule has 0 aliphatic rings. The number of methoxy groups -OCH3 is 1. The number of anilines is 1. The SMILES string of the molecule is COC(=O)COc1cccc(NC(=O)c2ccccc2-c2ccccc2C(=O)[O-])c1. The van der Waals surface area contributed by atoms with Crippen LogP contribution in [-0.2, 0) is 9.53 Å². The van der Waals surface area contributed by atoms with Crippen LogP contribution in [0.5, 0.6) is 5.75 Å². The number of carbonyl (C=O) groups excluding carboxylic acids is 3. The number of benzene rings is 3. The van der Waals surface area contributed by atoms with Gasteiger partial charge >= 0.3 is 5.97 Å². The van der Waals surface area contributed by atoms with Crippen LogP contribution >= 0.6 is 0 Å². The van der Waals surface area contributed by atoms with Crippen LogP contribution in [0.25, 0.3) is 11.1 Å². The van der Waals surface area contributed by atoms with Crippen molar-refractivity contribution in [3.8, 4) is 16.9 Å². The molecule has 1 amide bonds. The van der Waals surface area contributed by atoms with Crippen molar-refractivity contribution in [3.05, 3.63) is 83.9 Å². The van der Waals surface area contributed by atoms with Crippen molar-refractivity contribution in [2.75, 3.05) is 19.0 Å². The second kappa shape index (κ2) is 9.38. The van der Waals surface area contributed by atoms with Gasteiger partial charge in [-0.15, -0.1) is 0 Å². The minimum Gasteiger partial charge on any atom is -0.545 e.